The fraction of sp³-hybridized carbons (Fsp3) is 0.786. The Morgan fingerprint density at radius 3 is 2.06 bits per heavy atom. The third-order valence-electron chi connectivity index (χ3n) is 2.74. The fourth-order valence-electron chi connectivity index (χ4n) is 1.76. The topological polar surface area (TPSA) is 26.3 Å². The number of hydrogen-bond acceptors (Lipinski definition) is 2. The quantitative estimate of drug-likeness (QED) is 0.228. The van der Waals surface area contributed by atoms with E-state index in [1.54, 1.807) is 13.4 Å². The normalized spacial score (nSPS) is 11.5. The minimum absolute atomic E-state index is 0.772. The van der Waals surface area contributed by atoms with E-state index < -0.39 is 0 Å². The van der Waals surface area contributed by atoms with Crippen molar-refractivity contribution in [2.45, 2.75) is 64.7 Å². The second kappa shape index (κ2) is 12.3. The molecule has 0 radical (unpaired) electrons. The molecule has 0 aliphatic heterocycles. The van der Waals surface area contributed by atoms with Crippen molar-refractivity contribution in [1.82, 2.24) is 0 Å². The second-order valence-electron chi connectivity index (χ2n) is 4.27. The predicted molar refractivity (Wildman–Crippen MR) is 68.4 cm³/mol. The molecule has 0 N–H and O–H groups in total. The summed E-state index contributed by atoms with van der Waals surface area (Å²) < 4.78 is 4.82. The highest BCUT2D eigenvalue weighted by atomic mass is 16.5. The zero-order chi connectivity index (χ0) is 12.1. The summed E-state index contributed by atoms with van der Waals surface area (Å²) in [5, 5.41) is 0. The molecule has 2 nitrogen and oxygen atoms in total. The van der Waals surface area contributed by atoms with E-state index in [0.717, 1.165) is 24.7 Å². The van der Waals surface area contributed by atoms with Crippen molar-refractivity contribution >= 4 is 6.29 Å². The van der Waals surface area contributed by atoms with Gasteiger partial charge in [0.1, 0.15) is 6.29 Å². The van der Waals surface area contributed by atoms with Gasteiger partial charge in [0.05, 0.1) is 13.4 Å². The summed E-state index contributed by atoms with van der Waals surface area (Å²) in [6.45, 7) is 2.24. The van der Waals surface area contributed by atoms with Crippen LogP contribution in [0.25, 0.3) is 0 Å². The van der Waals surface area contributed by atoms with Crippen molar-refractivity contribution in [3.8, 4) is 0 Å². The molecule has 0 unspecified atom stereocenters. The van der Waals surface area contributed by atoms with Gasteiger partial charge in [-0.3, -0.25) is 4.79 Å². The van der Waals surface area contributed by atoms with Crippen LogP contribution in [-0.4, -0.2) is 13.4 Å². The van der Waals surface area contributed by atoms with Gasteiger partial charge < -0.3 is 4.74 Å². The van der Waals surface area contributed by atoms with Gasteiger partial charge in [0.15, 0.2) is 0 Å². The highest BCUT2D eigenvalue weighted by Crippen LogP contribution is 2.11. The third-order valence-corrected chi connectivity index (χ3v) is 2.74. The molecule has 0 aliphatic rings. The number of unbranched alkanes of at least 4 members (excludes halogenated alkanes) is 7. The molecule has 0 saturated heterocycles. The lowest BCUT2D eigenvalue weighted by Crippen LogP contribution is -1.88. The van der Waals surface area contributed by atoms with Crippen LogP contribution in [0.1, 0.15) is 64.7 Å². The summed E-state index contributed by atoms with van der Waals surface area (Å²) in [6, 6.07) is 0. The molecule has 0 saturated carbocycles. The summed E-state index contributed by atoms with van der Waals surface area (Å²) in [5.41, 5.74) is 0.772. The highest BCUT2D eigenvalue weighted by Gasteiger charge is 1.96. The second-order valence-corrected chi connectivity index (χ2v) is 4.27. The van der Waals surface area contributed by atoms with Gasteiger partial charge in [0.25, 0.3) is 0 Å². The summed E-state index contributed by atoms with van der Waals surface area (Å²) >= 11 is 0. The summed E-state index contributed by atoms with van der Waals surface area (Å²) in [5.74, 6) is 0. The molecule has 0 aliphatic carbocycles. The molecular weight excluding hydrogens is 200 g/mol. The van der Waals surface area contributed by atoms with Gasteiger partial charge in [0, 0.05) is 5.57 Å². The van der Waals surface area contributed by atoms with Crippen LogP contribution in [-0.2, 0) is 9.53 Å². The van der Waals surface area contributed by atoms with Crippen LogP contribution in [0.3, 0.4) is 0 Å². The molecule has 0 spiro atoms. The van der Waals surface area contributed by atoms with Crippen molar-refractivity contribution in [3.63, 3.8) is 0 Å². The summed E-state index contributed by atoms with van der Waals surface area (Å²) in [4.78, 5) is 10.6. The van der Waals surface area contributed by atoms with Crippen LogP contribution in [0, 0.1) is 0 Å². The van der Waals surface area contributed by atoms with E-state index in [2.05, 4.69) is 6.92 Å². The summed E-state index contributed by atoms with van der Waals surface area (Å²) in [7, 11) is 1.58. The highest BCUT2D eigenvalue weighted by molar-refractivity contribution is 5.72. The number of aldehydes is 1. The molecular formula is C14H26O2. The first-order valence-corrected chi connectivity index (χ1v) is 6.52. The van der Waals surface area contributed by atoms with Crippen LogP contribution in [0.4, 0.5) is 0 Å². The summed E-state index contributed by atoms with van der Waals surface area (Å²) in [6.07, 6.45) is 13.7. The average molecular weight is 226 g/mol. The van der Waals surface area contributed by atoms with Crippen LogP contribution < -0.4 is 0 Å². The molecule has 0 fully saturated rings. The SMILES string of the molecule is CCCCCCCCCC/C(C=O)=C\OC. The Hall–Kier alpha value is -0.790. The number of methoxy groups -OCH3 is 1. The molecule has 16 heavy (non-hydrogen) atoms. The molecule has 0 bridgehead atoms. The average Bonchev–Trinajstić information content (AvgIpc) is 2.31. The molecule has 0 amide bonds. The van der Waals surface area contributed by atoms with E-state index >= 15 is 0 Å². The van der Waals surface area contributed by atoms with Crippen LogP contribution >= 0.6 is 0 Å². The number of hydrogen-bond donors (Lipinski definition) is 0. The van der Waals surface area contributed by atoms with Gasteiger partial charge in [-0.2, -0.15) is 0 Å². The van der Waals surface area contributed by atoms with Gasteiger partial charge in [-0.05, 0) is 12.8 Å². The number of carbonyl (C=O) groups is 1. The molecule has 0 aromatic heterocycles. The fourth-order valence-corrected chi connectivity index (χ4v) is 1.76. The lowest BCUT2D eigenvalue weighted by molar-refractivity contribution is -0.105. The van der Waals surface area contributed by atoms with Gasteiger partial charge in [-0.1, -0.05) is 51.9 Å². The van der Waals surface area contributed by atoms with Crippen molar-refractivity contribution < 1.29 is 9.53 Å². The largest absolute Gasteiger partial charge is 0.504 e. The Morgan fingerprint density at radius 2 is 1.56 bits per heavy atom. The van der Waals surface area contributed by atoms with Crippen LogP contribution in [0.5, 0.6) is 0 Å². The Kier molecular flexibility index (Phi) is 11.7. The molecule has 0 atom stereocenters. The monoisotopic (exact) mass is 226 g/mol. The number of ether oxygens (including phenoxy) is 1. The van der Waals surface area contributed by atoms with E-state index in [1.807, 2.05) is 0 Å². The van der Waals surface area contributed by atoms with Gasteiger partial charge >= 0.3 is 0 Å². The van der Waals surface area contributed by atoms with E-state index in [-0.39, 0.29) is 0 Å². The van der Waals surface area contributed by atoms with Gasteiger partial charge in [0.2, 0.25) is 0 Å². The Labute approximate surface area is 100 Å². The zero-order valence-electron chi connectivity index (χ0n) is 10.8. The van der Waals surface area contributed by atoms with Gasteiger partial charge in [-0.15, -0.1) is 0 Å². The lowest BCUT2D eigenvalue weighted by atomic mass is 10.1. The third kappa shape index (κ3) is 9.75. The van der Waals surface area contributed by atoms with E-state index in [0.29, 0.717) is 0 Å². The smallest absolute Gasteiger partial charge is 0.149 e. The molecule has 2 heteroatoms. The lowest BCUT2D eigenvalue weighted by Gasteiger charge is -2.01. The van der Waals surface area contributed by atoms with Gasteiger partial charge in [-0.25, -0.2) is 0 Å². The van der Waals surface area contributed by atoms with Crippen molar-refractivity contribution in [3.05, 3.63) is 11.8 Å². The predicted octanol–water partition coefficient (Wildman–Crippen LogP) is 4.25. The Bertz CT molecular complexity index is 185. The molecule has 0 aromatic carbocycles. The molecule has 0 heterocycles. The van der Waals surface area contributed by atoms with Crippen molar-refractivity contribution in [2.24, 2.45) is 0 Å². The van der Waals surface area contributed by atoms with Crippen molar-refractivity contribution in [1.29, 1.82) is 0 Å². The maximum Gasteiger partial charge on any atom is 0.149 e. The minimum Gasteiger partial charge on any atom is -0.504 e. The first-order chi connectivity index (χ1) is 7.85. The molecule has 94 valence electrons. The Morgan fingerprint density at radius 1 is 1.00 bits per heavy atom. The van der Waals surface area contributed by atoms with E-state index in [1.165, 1.54) is 44.9 Å². The van der Waals surface area contributed by atoms with E-state index in [4.69, 9.17) is 4.74 Å². The van der Waals surface area contributed by atoms with E-state index in [9.17, 15) is 4.79 Å². The minimum atomic E-state index is 0.772. The first kappa shape index (κ1) is 15.2. The van der Waals surface area contributed by atoms with Crippen molar-refractivity contribution in [2.75, 3.05) is 7.11 Å². The number of carbonyl (C=O) groups excluding carboxylic acids is 1. The molecule has 0 rings (SSSR count). The maximum absolute atomic E-state index is 10.6. The Balaban J connectivity index is 3.26. The number of rotatable bonds is 11. The molecule has 0 aromatic rings. The first-order valence-electron chi connectivity index (χ1n) is 6.52. The standard InChI is InChI=1S/C14H26O2/c1-3-4-5-6-7-8-9-10-11-14(12-15)13-16-2/h12-13H,3-11H2,1-2H3/b14-13+. The zero-order valence-corrected chi connectivity index (χ0v) is 10.8. The maximum atomic E-state index is 10.6. The number of allylic oxidation sites excluding steroid dienone is 1. The van der Waals surface area contributed by atoms with Crippen LogP contribution in [0.2, 0.25) is 0 Å². The van der Waals surface area contributed by atoms with Crippen LogP contribution in [0.15, 0.2) is 11.8 Å².